The third kappa shape index (κ3) is 5.17. The first-order chi connectivity index (χ1) is 7.15. The van der Waals surface area contributed by atoms with Crippen LogP contribution in [0.25, 0.3) is 0 Å². The van der Waals surface area contributed by atoms with Crippen LogP contribution in [0, 0.1) is 0 Å². The van der Waals surface area contributed by atoms with Crippen molar-refractivity contribution in [3.05, 3.63) is 32.7 Å². The molecule has 1 nitrogen and oxygen atoms in total. The summed E-state index contributed by atoms with van der Waals surface area (Å²) in [5, 5.41) is 0. The van der Waals surface area contributed by atoms with Gasteiger partial charge in [0.05, 0.1) is 0 Å². The second-order valence-electron chi connectivity index (χ2n) is 3.77. The van der Waals surface area contributed by atoms with Crippen LogP contribution in [0.4, 0.5) is 0 Å². The van der Waals surface area contributed by atoms with E-state index < -0.39 is 0 Å². The minimum atomic E-state index is 0. The van der Waals surface area contributed by atoms with Gasteiger partial charge < -0.3 is 5.73 Å². The average molecular weight is 372 g/mol. The van der Waals surface area contributed by atoms with Crippen LogP contribution in [-0.2, 0) is 0 Å². The summed E-state index contributed by atoms with van der Waals surface area (Å²) in [5.41, 5.74) is 7.35. The predicted octanol–water partition coefficient (Wildman–Crippen LogP) is 5.21. The minimum Gasteiger partial charge on any atom is -0.324 e. The van der Waals surface area contributed by atoms with Crippen molar-refractivity contribution in [2.75, 3.05) is 0 Å². The molecule has 1 rings (SSSR count). The number of unbranched alkanes of at least 4 members (excludes halogenated alkanes) is 2. The molecular weight excluding hydrogens is 353 g/mol. The molecule has 0 unspecified atom stereocenters. The first-order valence-corrected chi connectivity index (χ1v) is 6.94. The zero-order chi connectivity index (χ0) is 11.3. The van der Waals surface area contributed by atoms with Gasteiger partial charge in [0.2, 0.25) is 0 Å². The third-order valence-electron chi connectivity index (χ3n) is 2.48. The van der Waals surface area contributed by atoms with Crippen molar-refractivity contribution >= 4 is 44.3 Å². The van der Waals surface area contributed by atoms with Crippen LogP contribution in [0.1, 0.15) is 44.2 Å². The van der Waals surface area contributed by atoms with Crippen LogP contribution in [-0.4, -0.2) is 0 Å². The van der Waals surface area contributed by atoms with Crippen molar-refractivity contribution in [1.29, 1.82) is 0 Å². The van der Waals surface area contributed by atoms with Gasteiger partial charge in [0.15, 0.2) is 0 Å². The third-order valence-corrected chi connectivity index (χ3v) is 3.69. The number of rotatable bonds is 5. The molecule has 0 aliphatic carbocycles. The van der Waals surface area contributed by atoms with Crippen LogP contribution in [0.3, 0.4) is 0 Å². The topological polar surface area (TPSA) is 26.0 Å². The molecule has 1 aromatic carbocycles. The maximum Gasteiger partial charge on any atom is 0.0306 e. The lowest BCUT2D eigenvalue weighted by atomic mass is 10.0. The molecule has 0 aliphatic rings. The summed E-state index contributed by atoms with van der Waals surface area (Å²) in [5.74, 6) is 0. The van der Waals surface area contributed by atoms with Crippen LogP contribution >= 0.6 is 44.3 Å². The molecule has 0 heterocycles. The Morgan fingerprint density at radius 2 is 1.94 bits per heavy atom. The quantitative estimate of drug-likeness (QED) is 0.706. The zero-order valence-electron chi connectivity index (χ0n) is 9.38. The molecule has 0 radical (unpaired) electrons. The van der Waals surface area contributed by atoms with Gasteiger partial charge in [-0.2, -0.15) is 0 Å². The summed E-state index contributed by atoms with van der Waals surface area (Å²) in [6.07, 6.45) is 4.77. The highest BCUT2D eigenvalue weighted by Gasteiger charge is 2.09. The molecule has 16 heavy (non-hydrogen) atoms. The van der Waals surface area contributed by atoms with Gasteiger partial charge in [0.1, 0.15) is 0 Å². The first kappa shape index (κ1) is 16.4. The molecule has 0 saturated heterocycles. The Morgan fingerprint density at radius 3 is 2.56 bits per heavy atom. The van der Waals surface area contributed by atoms with Crippen molar-refractivity contribution in [3.63, 3.8) is 0 Å². The van der Waals surface area contributed by atoms with Gasteiger partial charge in [0, 0.05) is 15.0 Å². The Bertz CT molecular complexity index is 318. The largest absolute Gasteiger partial charge is 0.324 e. The number of nitrogens with two attached hydrogens (primary N) is 1. The molecule has 0 saturated carbocycles. The van der Waals surface area contributed by atoms with Gasteiger partial charge in [-0.25, -0.2) is 0 Å². The van der Waals surface area contributed by atoms with E-state index >= 15 is 0 Å². The van der Waals surface area contributed by atoms with E-state index in [4.69, 9.17) is 5.73 Å². The highest BCUT2D eigenvalue weighted by atomic mass is 79.9. The van der Waals surface area contributed by atoms with E-state index in [-0.39, 0.29) is 18.4 Å². The minimum absolute atomic E-state index is 0. The fourth-order valence-corrected chi connectivity index (χ4v) is 2.49. The summed E-state index contributed by atoms with van der Waals surface area (Å²) < 4.78 is 2.20. The normalized spacial score (nSPS) is 12.0. The molecule has 4 heteroatoms. The fraction of sp³-hybridized carbons (Fsp3) is 0.500. The van der Waals surface area contributed by atoms with Crippen molar-refractivity contribution in [3.8, 4) is 0 Å². The number of hydrogen-bond donors (Lipinski definition) is 1. The van der Waals surface area contributed by atoms with E-state index in [1.807, 2.05) is 12.1 Å². The lowest BCUT2D eigenvalue weighted by molar-refractivity contribution is 0.579. The van der Waals surface area contributed by atoms with Gasteiger partial charge in [-0.15, -0.1) is 12.4 Å². The molecule has 0 spiro atoms. The molecule has 2 N–H and O–H groups in total. The summed E-state index contributed by atoms with van der Waals surface area (Å²) in [4.78, 5) is 0. The standard InChI is InChI=1S/C12H17Br2N.ClH/c1-2-3-4-5-12(15)10-8-9(13)6-7-11(10)14;/h6-8,12H,2-5,15H2,1H3;1H/t12-;/m0./s1. The number of hydrogen-bond acceptors (Lipinski definition) is 1. The van der Waals surface area contributed by atoms with Gasteiger partial charge in [-0.05, 0) is 30.2 Å². The molecule has 0 aromatic heterocycles. The monoisotopic (exact) mass is 369 g/mol. The average Bonchev–Trinajstić information content (AvgIpc) is 2.22. The molecule has 1 aromatic rings. The smallest absolute Gasteiger partial charge is 0.0306 e. The van der Waals surface area contributed by atoms with Crippen LogP contribution in [0.15, 0.2) is 27.1 Å². The number of benzene rings is 1. The highest BCUT2D eigenvalue weighted by molar-refractivity contribution is 9.11. The Kier molecular flexibility index (Phi) is 8.74. The van der Waals surface area contributed by atoms with E-state index in [0.29, 0.717) is 0 Å². The molecular formula is C12H18Br2ClN. The molecule has 0 amide bonds. The van der Waals surface area contributed by atoms with Crippen molar-refractivity contribution in [1.82, 2.24) is 0 Å². The molecule has 1 atom stereocenters. The molecule has 92 valence electrons. The van der Waals surface area contributed by atoms with E-state index in [1.165, 1.54) is 24.8 Å². The van der Waals surface area contributed by atoms with Gasteiger partial charge in [-0.3, -0.25) is 0 Å². The second-order valence-corrected chi connectivity index (χ2v) is 5.54. The lowest BCUT2D eigenvalue weighted by Crippen LogP contribution is -2.10. The first-order valence-electron chi connectivity index (χ1n) is 5.35. The van der Waals surface area contributed by atoms with E-state index in [2.05, 4.69) is 44.8 Å². The molecule has 0 fully saturated rings. The second kappa shape index (κ2) is 8.51. The van der Waals surface area contributed by atoms with Crippen LogP contribution < -0.4 is 5.73 Å². The van der Waals surface area contributed by atoms with E-state index in [1.54, 1.807) is 0 Å². The predicted molar refractivity (Wildman–Crippen MR) is 80.2 cm³/mol. The molecule has 0 bridgehead atoms. The van der Waals surface area contributed by atoms with Crippen molar-refractivity contribution < 1.29 is 0 Å². The summed E-state index contributed by atoms with van der Waals surface area (Å²) in [7, 11) is 0. The van der Waals surface area contributed by atoms with Crippen LogP contribution in [0.2, 0.25) is 0 Å². The maximum atomic E-state index is 6.15. The summed E-state index contributed by atoms with van der Waals surface area (Å²) in [6, 6.07) is 6.30. The SMILES string of the molecule is CCCCC[C@H](N)c1cc(Br)ccc1Br.Cl. The number of halogens is 3. The van der Waals surface area contributed by atoms with Crippen LogP contribution in [0.5, 0.6) is 0 Å². The lowest BCUT2D eigenvalue weighted by Gasteiger charge is -2.14. The van der Waals surface area contributed by atoms with Gasteiger partial charge in [0.25, 0.3) is 0 Å². The Hall–Kier alpha value is 0.430. The zero-order valence-corrected chi connectivity index (χ0v) is 13.4. The van der Waals surface area contributed by atoms with Gasteiger partial charge >= 0.3 is 0 Å². The molecule has 0 aliphatic heterocycles. The summed E-state index contributed by atoms with van der Waals surface area (Å²) in [6.45, 7) is 2.21. The van der Waals surface area contributed by atoms with E-state index in [9.17, 15) is 0 Å². The van der Waals surface area contributed by atoms with E-state index in [0.717, 1.165) is 15.4 Å². The highest BCUT2D eigenvalue weighted by Crippen LogP contribution is 2.28. The Labute approximate surface area is 121 Å². The van der Waals surface area contributed by atoms with Crippen molar-refractivity contribution in [2.45, 2.75) is 38.6 Å². The fourth-order valence-electron chi connectivity index (χ4n) is 1.57. The maximum absolute atomic E-state index is 6.15. The Morgan fingerprint density at radius 1 is 1.25 bits per heavy atom. The van der Waals surface area contributed by atoms with Gasteiger partial charge in [-0.1, -0.05) is 58.0 Å². The summed E-state index contributed by atoms with van der Waals surface area (Å²) >= 11 is 7.01. The van der Waals surface area contributed by atoms with Crippen molar-refractivity contribution in [2.24, 2.45) is 5.73 Å². The Balaban J connectivity index is 0.00000225.